The molecule has 0 aromatic heterocycles. The second-order valence-corrected chi connectivity index (χ2v) is 13.2. The molecule has 302 valence electrons. The number of carbonyl (C=O) groups is 9. The molecule has 8 unspecified atom stereocenters. The molecule has 0 aromatic rings. The van der Waals surface area contributed by atoms with Gasteiger partial charge in [-0.1, -0.05) is 54.4 Å². The summed E-state index contributed by atoms with van der Waals surface area (Å²) in [5, 5.41) is 42.7. The molecular formula is C33H58N8O12. The Kier molecular flexibility index (Phi) is 22.2. The van der Waals surface area contributed by atoms with E-state index in [4.69, 9.17) is 11.5 Å². The Hall–Kier alpha value is -4.85. The molecule has 0 bridgehead atoms. The predicted octanol–water partition coefficient (Wildman–Crippen LogP) is -2.23. The second kappa shape index (κ2) is 24.4. The molecule has 0 radical (unpaired) electrons. The van der Waals surface area contributed by atoms with Gasteiger partial charge >= 0.3 is 17.9 Å². The molecule has 20 nitrogen and oxygen atoms in total. The van der Waals surface area contributed by atoms with Crippen LogP contribution in [0.25, 0.3) is 0 Å². The molecule has 0 spiro atoms. The largest absolute Gasteiger partial charge is 0.481 e. The van der Waals surface area contributed by atoms with Gasteiger partial charge in [0, 0.05) is 0 Å². The summed E-state index contributed by atoms with van der Waals surface area (Å²) < 4.78 is 0. The van der Waals surface area contributed by atoms with Crippen molar-refractivity contribution in [2.75, 3.05) is 13.1 Å². The van der Waals surface area contributed by atoms with Crippen molar-refractivity contribution in [1.29, 1.82) is 0 Å². The average molecular weight is 759 g/mol. The van der Waals surface area contributed by atoms with E-state index in [-0.39, 0.29) is 13.0 Å². The molecule has 0 aliphatic carbocycles. The van der Waals surface area contributed by atoms with Gasteiger partial charge in [0.15, 0.2) is 0 Å². The van der Waals surface area contributed by atoms with Crippen molar-refractivity contribution < 1.29 is 58.5 Å². The fraction of sp³-hybridized carbons (Fsp3) is 0.727. The number of hydrogen-bond acceptors (Lipinski definition) is 11. The van der Waals surface area contributed by atoms with E-state index in [0.29, 0.717) is 25.7 Å². The van der Waals surface area contributed by atoms with Gasteiger partial charge in [-0.15, -0.1) is 0 Å². The lowest BCUT2D eigenvalue weighted by Gasteiger charge is -2.30. The lowest BCUT2D eigenvalue weighted by atomic mass is 9.96. The predicted molar refractivity (Wildman–Crippen MR) is 189 cm³/mol. The fourth-order valence-corrected chi connectivity index (χ4v) is 4.98. The van der Waals surface area contributed by atoms with Crippen molar-refractivity contribution in [3.05, 3.63) is 0 Å². The van der Waals surface area contributed by atoms with Gasteiger partial charge in [-0.2, -0.15) is 0 Å². The first-order valence-electron chi connectivity index (χ1n) is 17.6. The molecular weight excluding hydrogens is 700 g/mol. The zero-order valence-corrected chi connectivity index (χ0v) is 31.2. The lowest BCUT2D eigenvalue weighted by Crippen LogP contribution is -2.61. The summed E-state index contributed by atoms with van der Waals surface area (Å²) in [5.41, 5.74) is 10.9. The third-order valence-corrected chi connectivity index (χ3v) is 8.62. The highest BCUT2D eigenvalue weighted by Gasteiger charge is 2.36. The summed E-state index contributed by atoms with van der Waals surface area (Å²) in [6.07, 6.45) is -0.374. The van der Waals surface area contributed by atoms with Gasteiger partial charge in [-0.05, 0) is 43.6 Å². The van der Waals surface area contributed by atoms with Crippen molar-refractivity contribution in [2.24, 2.45) is 29.2 Å². The van der Waals surface area contributed by atoms with Crippen LogP contribution >= 0.6 is 0 Å². The normalized spacial score (nSPS) is 15.6. The number of nitrogens with two attached hydrogens (primary N) is 2. The van der Waals surface area contributed by atoms with Gasteiger partial charge < -0.3 is 58.7 Å². The summed E-state index contributed by atoms with van der Waals surface area (Å²) in [6.45, 7) is 9.51. The van der Waals surface area contributed by atoms with Crippen LogP contribution in [0.5, 0.6) is 0 Å². The van der Waals surface area contributed by atoms with Crippen LogP contribution in [0, 0.1) is 17.8 Å². The Bertz CT molecular complexity index is 1300. The average Bonchev–Trinajstić information content (AvgIpc) is 3.08. The van der Waals surface area contributed by atoms with E-state index < -0.39 is 127 Å². The van der Waals surface area contributed by atoms with Crippen LogP contribution in [-0.4, -0.2) is 118 Å². The topological polar surface area (TPSA) is 339 Å². The first-order valence-corrected chi connectivity index (χ1v) is 17.6. The molecule has 0 rings (SSSR count). The van der Waals surface area contributed by atoms with Crippen molar-refractivity contribution in [3.63, 3.8) is 0 Å². The molecule has 8 atom stereocenters. The highest BCUT2D eigenvalue weighted by molar-refractivity contribution is 5.98. The summed E-state index contributed by atoms with van der Waals surface area (Å²) >= 11 is 0. The number of nitrogens with one attached hydrogen (secondary N) is 6. The summed E-state index contributed by atoms with van der Waals surface area (Å²) in [4.78, 5) is 114. The highest BCUT2D eigenvalue weighted by atomic mass is 16.4. The minimum absolute atomic E-state index is 0.0325. The van der Waals surface area contributed by atoms with Crippen LogP contribution in [-0.2, 0) is 43.2 Å². The second-order valence-electron chi connectivity index (χ2n) is 13.2. The SMILES string of the molecule is CCC(C)C(NC(=O)C(CC(=O)O)NC(=O)CN)C(=O)NC(CCCCN)C(=O)NC(CC(=O)O)C(=O)NC(C(=O)NC(C(=O)O)C(C)C)C(C)CC. The van der Waals surface area contributed by atoms with Gasteiger partial charge in [-0.3, -0.25) is 38.4 Å². The molecule has 0 saturated carbocycles. The minimum atomic E-state index is -1.75. The Morgan fingerprint density at radius 2 is 0.925 bits per heavy atom. The summed E-state index contributed by atoms with van der Waals surface area (Å²) in [6, 6.07) is -8.64. The molecule has 6 amide bonds. The van der Waals surface area contributed by atoms with Crippen LogP contribution in [0.1, 0.15) is 86.5 Å². The number of carbonyl (C=O) groups excluding carboxylic acids is 6. The van der Waals surface area contributed by atoms with E-state index in [1.807, 2.05) is 0 Å². The maximum Gasteiger partial charge on any atom is 0.326 e. The molecule has 0 aromatic carbocycles. The minimum Gasteiger partial charge on any atom is -0.481 e. The molecule has 0 saturated heterocycles. The number of rotatable bonds is 26. The van der Waals surface area contributed by atoms with E-state index in [1.165, 1.54) is 0 Å². The van der Waals surface area contributed by atoms with Gasteiger partial charge in [0.2, 0.25) is 35.4 Å². The van der Waals surface area contributed by atoms with Crippen LogP contribution in [0.4, 0.5) is 0 Å². The van der Waals surface area contributed by atoms with Crippen LogP contribution in [0.3, 0.4) is 0 Å². The Balaban J connectivity index is 6.40. The molecule has 0 aliphatic heterocycles. The zero-order valence-electron chi connectivity index (χ0n) is 31.2. The monoisotopic (exact) mass is 758 g/mol. The van der Waals surface area contributed by atoms with Crippen molar-refractivity contribution >= 4 is 53.4 Å². The number of amides is 6. The van der Waals surface area contributed by atoms with Crippen molar-refractivity contribution in [2.45, 2.75) is 123 Å². The van der Waals surface area contributed by atoms with Crippen LogP contribution < -0.4 is 43.4 Å². The first kappa shape index (κ1) is 48.1. The Morgan fingerprint density at radius 3 is 1.30 bits per heavy atom. The smallest absolute Gasteiger partial charge is 0.326 e. The van der Waals surface area contributed by atoms with E-state index in [1.54, 1.807) is 41.5 Å². The molecule has 0 heterocycles. The van der Waals surface area contributed by atoms with Gasteiger partial charge in [0.05, 0.1) is 19.4 Å². The van der Waals surface area contributed by atoms with E-state index in [0.717, 1.165) is 0 Å². The standard InChI is InChI=1S/C33H58N8O12/c1-7-17(5)26(40-29(48)20(13-23(43)44)36-22(42)15-35)31(50)37-19(11-9-10-12-34)28(47)38-21(14-24(45)46)30(49)41-27(18(6)8-2)32(51)39-25(16(3)4)33(52)53/h16-21,25-27H,7-15,34-35H2,1-6H3,(H,36,42)(H,37,50)(H,38,47)(H,39,51)(H,40,48)(H,41,49)(H,43,44)(H,45,46)(H,52,53). The van der Waals surface area contributed by atoms with Gasteiger partial charge in [0.1, 0.15) is 36.3 Å². The number of aliphatic carboxylic acids is 3. The van der Waals surface area contributed by atoms with Gasteiger partial charge in [-0.25, -0.2) is 4.79 Å². The number of hydrogen-bond donors (Lipinski definition) is 11. The number of unbranched alkanes of at least 4 members (excludes halogenated alkanes) is 1. The zero-order chi connectivity index (χ0) is 41.0. The third-order valence-electron chi connectivity index (χ3n) is 8.62. The van der Waals surface area contributed by atoms with Gasteiger partial charge in [0.25, 0.3) is 0 Å². The molecule has 53 heavy (non-hydrogen) atoms. The van der Waals surface area contributed by atoms with Crippen molar-refractivity contribution in [3.8, 4) is 0 Å². The molecule has 20 heteroatoms. The third kappa shape index (κ3) is 17.5. The first-order chi connectivity index (χ1) is 24.7. The van der Waals surface area contributed by atoms with Crippen LogP contribution in [0.2, 0.25) is 0 Å². The maximum absolute atomic E-state index is 13.7. The van der Waals surface area contributed by atoms with E-state index in [9.17, 15) is 58.5 Å². The quantitative estimate of drug-likeness (QED) is 0.0416. The summed E-state index contributed by atoms with van der Waals surface area (Å²) in [7, 11) is 0. The maximum atomic E-state index is 13.7. The number of carboxylic acid groups (broad SMARTS) is 3. The lowest BCUT2D eigenvalue weighted by molar-refractivity contribution is -0.144. The molecule has 0 aliphatic rings. The summed E-state index contributed by atoms with van der Waals surface area (Å²) in [5.74, 6) is -11.4. The fourth-order valence-electron chi connectivity index (χ4n) is 4.98. The van der Waals surface area contributed by atoms with Crippen molar-refractivity contribution in [1.82, 2.24) is 31.9 Å². The van der Waals surface area contributed by atoms with E-state index >= 15 is 0 Å². The van der Waals surface area contributed by atoms with E-state index in [2.05, 4.69) is 31.9 Å². The Labute approximate surface area is 308 Å². The van der Waals surface area contributed by atoms with Crippen LogP contribution in [0.15, 0.2) is 0 Å². The molecule has 13 N–H and O–H groups in total. The highest BCUT2D eigenvalue weighted by Crippen LogP contribution is 2.13. The Morgan fingerprint density at radius 1 is 0.528 bits per heavy atom. The number of carboxylic acids is 3. The molecule has 0 fully saturated rings.